The van der Waals surface area contributed by atoms with Crippen LogP contribution in [0.1, 0.15) is 19.3 Å². The Hall–Kier alpha value is 0.0800. The van der Waals surface area contributed by atoms with Crippen molar-refractivity contribution in [3.63, 3.8) is 0 Å². The smallest absolute Gasteiger partial charge is 0.171 e. The van der Waals surface area contributed by atoms with E-state index in [0.29, 0.717) is 12.8 Å². The van der Waals surface area contributed by atoms with Gasteiger partial charge in [0.25, 0.3) is 0 Å². The van der Waals surface area contributed by atoms with Crippen LogP contribution in [0.25, 0.3) is 0 Å². The summed E-state index contributed by atoms with van der Waals surface area (Å²) in [6, 6.07) is 0. The van der Waals surface area contributed by atoms with Gasteiger partial charge in [-0.25, -0.2) is 0 Å². The summed E-state index contributed by atoms with van der Waals surface area (Å²) in [5, 5.41) is 0. The zero-order valence-electron chi connectivity index (χ0n) is 5.34. The maximum absolute atomic E-state index is 11.7. The highest BCUT2D eigenvalue weighted by Crippen LogP contribution is 2.53. The fourth-order valence-electron chi connectivity index (χ4n) is 0.960. The van der Waals surface area contributed by atoms with Gasteiger partial charge in [-0.3, -0.25) is 0 Å². The summed E-state index contributed by atoms with van der Waals surface area (Å²) < 4.78 is 35.2. The molecule has 0 aromatic heterocycles. The van der Waals surface area contributed by atoms with E-state index in [2.05, 4.69) is 0 Å². The fourth-order valence-corrected chi connectivity index (χ4v) is 1.32. The topological polar surface area (TPSA) is 0 Å². The maximum atomic E-state index is 11.7. The summed E-state index contributed by atoms with van der Waals surface area (Å²) in [6.07, 6.45) is -3.47. The summed E-state index contributed by atoms with van der Waals surface area (Å²) in [5.74, 6) is 0.145. The zero-order chi connectivity index (χ0) is 7.83. The molecule has 0 heterocycles. The molecule has 4 heteroatoms. The quantitative estimate of drug-likeness (QED) is 0.562. The lowest BCUT2D eigenvalue weighted by molar-refractivity contribution is -0.145. The minimum absolute atomic E-state index is 0.145. The van der Waals surface area contributed by atoms with Crippen LogP contribution < -0.4 is 0 Å². The first kappa shape index (κ1) is 8.18. The van der Waals surface area contributed by atoms with Crippen molar-refractivity contribution in [2.24, 2.45) is 5.41 Å². The van der Waals surface area contributed by atoms with Crippen LogP contribution in [0.4, 0.5) is 13.2 Å². The van der Waals surface area contributed by atoms with E-state index >= 15 is 0 Å². The number of hydrogen-bond acceptors (Lipinski definition) is 0. The highest BCUT2D eigenvalue weighted by molar-refractivity contribution is 6.18. The first-order chi connectivity index (χ1) is 4.47. The SMILES string of the molecule is FC(F)(F)CC1(CCl)CC1. The summed E-state index contributed by atoms with van der Waals surface area (Å²) in [7, 11) is 0. The second-order valence-electron chi connectivity index (χ2n) is 2.93. The number of hydrogen-bond donors (Lipinski definition) is 0. The van der Waals surface area contributed by atoms with Gasteiger partial charge in [0, 0.05) is 5.88 Å². The molecule has 0 aliphatic heterocycles. The maximum Gasteiger partial charge on any atom is 0.389 e. The van der Waals surface area contributed by atoms with E-state index < -0.39 is 18.0 Å². The van der Waals surface area contributed by atoms with Gasteiger partial charge in [-0.15, -0.1) is 11.6 Å². The Morgan fingerprint density at radius 2 is 1.80 bits per heavy atom. The normalized spacial score (nSPS) is 22.8. The molecule has 1 fully saturated rings. The van der Waals surface area contributed by atoms with Gasteiger partial charge in [-0.05, 0) is 18.3 Å². The fraction of sp³-hybridized carbons (Fsp3) is 1.00. The molecule has 60 valence electrons. The minimum Gasteiger partial charge on any atom is -0.171 e. The van der Waals surface area contributed by atoms with Crippen LogP contribution in [0.5, 0.6) is 0 Å². The van der Waals surface area contributed by atoms with Gasteiger partial charge >= 0.3 is 6.18 Å². The highest BCUT2D eigenvalue weighted by atomic mass is 35.5. The molecule has 0 nitrogen and oxygen atoms in total. The van der Waals surface area contributed by atoms with Crippen molar-refractivity contribution >= 4 is 11.6 Å². The average Bonchev–Trinajstić information content (AvgIpc) is 2.45. The van der Waals surface area contributed by atoms with Crippen LogP contribution in [-0.4, -0.2) is 12.1 Å². The standard InChI is InChI=1S/C6H8ClF3/c7-4-5(1-2-5)3-6(8,9)10/h1-4H2. The Kier molecular flexibility index (Phi) is 1.88. The molecular formula is C6H8ClF3. The van der Waals surface area contributed by atoms with Crippen molar-refractivity contribution in [1.29, 1.82) is 0 Å². The first-order valence-electron chi connectivity index (χ1n) is 3.10. The van der Waals surface area contributed by atoms with Gasteiger partial charge in [0.05, 0.1) is 6.42 Å². The molecule has 1 rings (SSSR count). The lowest BCUT2D eigenvalue weighted by Crippen LogP contribution is -2.16. The largest absolute Gasteiger partial charge is 0.389 e. The van der Waals surface area contributed by atoms with Crippen molar-refractivity contribution in [2.45, 2.75) is 25.4 Å². The molecule has 0 radical (unpaired) electrons. The minimum atomic E-state index is -4.04. The van der Waals surface area contributed by atoms with E-state index in [0.717, 1.165) is 0 Å². The molecule has 0 aromatic rings. The van der Waals surface area contributed by atoms with Crippen LogP contribution >= 0.6 is 11.6 Å². The van der Waals surface area contributed by atoms with E-state index in [9.17, 15) is 13.2 Å². The van der Waals surface area contributed by atoms with Crippen molar-refractivity contribution in [3.8, 4) is 0 Å². The van der Waals surface area contributed by atoms with Gasteiger partial charge < -0.3 is 0 Å². The first-order valence-corrected chi connectivity index (χ1v) is 3.64. The van der Waals surface area contributed by atoms with Crippen molar-refractivity contribution in [3.05, 3.63) is 0 Å². The summed E-state index contributed by atoms with van der Waals surface area (Å²) >= 11 is 5.36. The van der Waals surface area contributed by atoms with Gasteiger partial charge in [-0.1, -0.05) is 0 Å². The Balaban J connectivity index is 2.38. The second-order valence-corrected chi connectivity index (χ2v) is 3.19. The third kappa shape index (κ3) is 2.04. The van der Waals surface area contributed by atoms with Crippen molar-refractivity contribution < 1.29 is 13.2 Å². The lowest BCUT2D eigenvalue weighted by Gasteiger charge is -2.12. The number of halogens is 4. The van der Waals surface area contributed by atoms with Gasteiger partial charge in [-0.2, -0.15) is 13.2 Å². The molecular weight excluding hydrogens is 165 g/mol. The van der Waals surface area contributed by atoms with Crippen LogP contribution in [-0.2, 0) is 0 Å². The van der Waals surface area contributed by atoms with Gasteiger partial charge in [0.15, 0.2) is 0 Å². The van der Waals surface area contributed by atoms with E-state index in [-0.39, 0.29) is 5.88 Å². The Labute approximate surface area is 62.4 Å². The second kappa shape index (κ2) is 2.29. The molecule has 0 spiro atoms. The Morgan fingerprint density at radius 3 is 1.90 bits per heavy atom. The summed E-state index contributed by atoms with van der Waals surface area (Å²) in [6.45, 7) is 0. The molecule has 1 aliphatic rings. The average molecular weight is 173 g/mol. The predicted octanol–water partition coefficient (Wildman–Crippen LogP) is 2.96. The summed E-state index contributed by atoms with van der Waals surface area (Å²) in [5.41, 5.74) is -0.584. The van der Waals surface area contributed by atoms with Gasteiger partial charge in [0.2, 0.25) is 0 Å². The number of alkyl halides is 4. The molecule has 1 saturated carbocycles. The third-order valence-corrected chi connectivity index (χ3v) is 2.38. The molecule has 0 saturated heterocycles. The zero-order valence-corrected chi connectivity index (χ0v) is 6.10. The van der Waals surface area contributed by atoms with Crippen LogP contribution in [0.15, 0.2) is 0 Å². The van der Waals surface area contributed by atoms with Crippen LogP contribution in [0.3, 0.4) is 0 Å². The monoisotopic (exact) mass is 172 g/mol. The third-order valence-electron chi connectivity index (χ3n) is 1.82. The van der Waals surface area contributed by atoms with Crippen molar-refractivity contribution in [2.75, 3.05) is 5.88 Å². The van der Waals surface area contributed by atoms with E-state index in [4.69, 9.17) is 11.6 Å². The molecule has 1 aliphatic carbocycles. The molecule has 0 bridgehead atoms. The predicted molar refractivity (Wildman–Crippen MR) is 33.1 cm³/mol. The van der Waals surface area contributed by atoms with Crippen LogP contribution in [0, 0.1) is 5.41 Å². The van der Waals surface area contributed by atoms with E-state index in [1.54, 1.807) is 0 Å². The molecule has 0 amide bonds. The van der Waals surface area contributed by atoms with E-state index in [1.807, 2.05) is 0 Å². The molecule has 10 heavy (non-hydrogen) atoms. The summed E-state index contributed by atoms with van der Waals surface area (Å²) in [4.78, 5) is 0. The van der Waals surface area contributed by atoms with Crippen molar-refractivity contribution in [1.82, 2.24) is 0 Å². The number of rotatable bonds is 2. The highest BCUT2D eigenvalue weighted by Gasteiger charge is 2.49. The molecule has 0 unspecified atom stereocenters. The van der Waals surface area contributed by atoms with Crippen LogP contribution in [0.2, 0.25) is 0 Å². The Bertz CT molecular complexity index is 125. The lowest BCUT2D eigenvalue weighted by atomic mass is 10.1. The van der Waals surface area contributed by atoms with Gasteiger partial charge in [0.1, 0.15) is 0 Å². The molecule has 0 aromatic carbocycles. The Morgan fingerprint density at radius 1 is 1.30 bits per heavy atom. The van der Waals surface area contributed by atoms with E-state index in [1.165, 1.54) is 0 Å². The molecule has 0 atom stereocenters. The molecule has 0 N–H and O–H groups in total.